The predicted molar refractivity (Wildman–Crippen MR) is 84.1 cm³/mol. The van der Waals surface area contributed by atoms with Gasteiger partial charge < -0.3 is 4.74 Å². The highest BCUT2D eigenvalue weighted by atomic mass is 35.5. The van der Waals surface area contributed by atoms with Gasteiger partial charge in [0.2, 0.25) is 0 Å². The Morgan fingerprint density at radius 3 is 2.65 bits per heavy atom. The molecule has 0 aliphatic carbocycles. The Kier molecular flexibility index (Phi) is 3.91. The third-order valence-electron chi connectivity index (χ3n) is 3.70. The lowest BCUT2D eigenvalue weighted by molar-refractivity contribution is 0.288. The molecule has 20 heavy (non-hydrogen) atoms. The van der Waals surface area contributed by atoms with Gasteiger partial charge in [0.15, 0.2) is 0 Å². The molecule has 104 valence electrons. The van der Waals surface area contributed by atoms with Crippen molar-refractivity contribution in [3.05, 3.63) is 63.7 Å². The molecule has 3 heteroatoms. The van der Waals surface area contributed by atoms with Crippen molar-refractivity contribution in [1.29, 1.82) is 0 Å². The number of hydrogen-bond acceptors (Lipinski definition) is 1. The Morgan fingerprint density at radius 2 is 1.85 bits per heavy atom. The van der Waals surface area contributed by atoms with Crippen molar-refractivity contribution in [2.75, 3.05) is 6.61 Å². The Balaban J connectivity index is 1.93. The number of fused-ring (bicyclic) bond motifs is 1. The lowest BCUT2D eigenvalue weighted by Crippen LogP contribution is -2.09. The zero-order chi connectivity index (χ0) is 14.1. The first-order chi connectivity index (χ1) is 9.65. The van der Waals surface area contributed by atoms with E-state index in [9.17, 15) is 0 Å². The summed E-state index contributed by atoms with van der Waals surface area (Å²) in [7, 11) is 0. The Labute approximate surface area is 129 Å². The fraction of sp³-hybridized carbons (Fsp3) is 0.294. The Morgan fingerprint density at radius 1 is 1.10 bits per heavy atom. The molecule has 1 heterocycles. The fourth-order valence-corrected chi connectivity index (χ4v) is 2.94. The summed E-state index contributed by atoms with van der Waals surface area (Å²) in [5, 5.41) is 0.620. The van der Waals surface area contributed by atoms with E-state index in [-0.39, 0.29) is 5.38 Å². The molecule has 0 bridgehead atoms. The summed E-state index contributed by atoms with van der Waals surface area (Å²) < 4.78 is 5.64. The zero-order valence-corrected chi connectivity index (χ0v) is 12.8. The van der Waals surface area contributed by atoms with Crippen LogP contribution in [0.4, 0.5) is 0 Å². The summed E-state index contributed by atoms with van der Waals surface area (Å²) >= 11 is 12.7. The second-order valence-corrected chi connectivity index (χ2v) is 6.03. The molecule has 0 amide bonds. The van der Waals surface area contributed by atoms with Gasteiger partial charge in [-0.15, -0.1) is 11.6 Å². The van der Waals surface area contributed by atoms with Crippen LogP contribution in [0.25, 0.3) is 0 Å². The van der Waals surface area contributed by atoms with Gasteiger partial charge >= 0.3 is 0 Å². The van der Waals surface area contributed by atoms with E-state index in [2.05, 4.69) is 12.1 Å². The molecule has 0 saturated heterocycles. The second-order valence-electron chi connectivity index (χ2n) is 5.19. The zero-order valence-electron chi connectivity index (χ0n) is 11.3. The molecule has 2 aromatic carbocycles. The number of benzene rings is 2. The van der Waals surface area contributed by atoms with Gasteiger partial charge in [0, 0.05) is 5.02 Å². The summed E-state index contributed by atoms with van der Waals surface area (Å²) in [5.41, 5.74) is 4.49. The van der Waals surface area contributed by atoms with Gasteiger partial charge in [-0.2, -0.15) is 0 Å². The SMILES string of the molecule is Cc1cc(C(Cl)c2ccc3c(c2)CCCO3)ccc1Cl. The smallest absolute Gasteiger partial charge is 0.122 e. The first-order valence-electron chi connectivity index (χ1n) is 6.81. The van der Waals surface area contributed by atoms with Crippen molar-refractivity contribution >= 4 is 23.2 Å². The van der Waals surface area contributed by atoms with Crippen LogP contribution in [0.3, 0.4) is 0 Å². The molecule has 1 aliphatic rings. The number of ether oxygens (including phenoxy) is 1. The molecule has 0 N–H and O–H groups in total. The average molecular weight is 307 g/mol. The van der Waals surface area contributed by atoms with E-state index >= 15 is 0 Å². The van der Waals surface area contributed by atoms with Crippen molar-refractivity contribution in [2.24, 2.45) is 0 Å². The molecule has 0 saturated carbocycles. The monoisotopic (exact) mass is 306 g/mol. The predicted octanol–water partition coefficient (Wildman–Crippen LogP) is 5.30. The lowest BCUT2D eigenvalue weighted by atomic mass is 9.98. The average Bonchev–Trinajstić information content (AvgIpc) is 2.49. The highest BCUT2D eigenvalue weighted by Crippen LogP contribution is 2.34. The number of halogens is 2. The van der Waals surface area contributed by atoms with E-state index in [0.717, 1.165) is 46.9 Å². The number of aryl methyl sites for hydroxylation is 2. The Bertz CT molecular complexity index is 637. The maximum Gasteiger partial charge on any atom is 0.122 e. The molecular weight excluding hydrogens is 291 g/mol. The van der Waals surface area contributed by atoms with Gasteiger partial charge in [0.25, 0.3) is 0 Å². The van der Waals surface area contributed by atoms with Gasteiger partial charge in [-0.3, -0.25) is 0 Å². The van der Waals surface area contributed by atoms with Crippen molar-refractivity contribution in [2.45, 2.75) is 25.1 Å². The van der Waals surface area contributed by atoms with Crippen LogP contribution in [0.1, 0.15) is 34.1 Å². The van der Waals surface area contributed by atoms with Gasteiger partial charge in [0.1, 0.15) is 5.75 Å². The van der Waals surface area contributed by atoms with Crippen molar-refractivity contribution in [3.63, 3.8) is 0 Å². The molecule has 0 radical (unpaired) electrons. The maximum absolute atomic E-state index is 6.61. The normalized spacial score (nSPS) is 15.3. The number of rotatable bonds is 2. The highest BCUT2D eigenvalue weighted by molar-refractivity contribution is 6.31. The van der Waals surface area contributed by atoms with Crippen molar-refractivity contribution < 1.29 is 4.74 Å². The van der Waals surface area contributed by atoms with Gasteiger partial charge in [-0.25, -0.2) is 0 Å². The van der Waals surface area contributed by atoms with Crippen molar-refractivity contribution in [1.82, 2.24) is 0 Å². The van der Waals surface area contributed by atoms with E-state index in [1.165, 1.54) is 5.56 Å². The van der Waals surface area contributed by atoms with Crippen LogP contribution in [0, 0.1) is 6.92 Å². The van der Waals surface area contributed by atoms with E-state index in [0.29, 0.717) is 0 Å². The van der Waals surface area contributed by atoms with Gasteiger partial charge in [0.05, 0.1) is 12.0 Å². The van der Waals surface area contributed by atoms with Crippen LogP contribution in [0.5, 0.6) is 5.75 Å². The van der Waals surface area contributed by atoms with Crippen LogP contribution in [0.15, 0.2) is 36.4 Å². The molecule has 1 nitrogen and oxygen atoms in total. The summed E-state index contributed by atoms with van der Waals surface area (Å²) in [6.45, 7) is 2.81. The first-order valence-corrected chi connectivity index (χ1v) is 7.62. The molecule has 0 fully saturated rings. The maximum atomic E-state index is 6.61. The second kappa shape index (κ2) is 5.67. The molecule has 3 rings (SSSR count). The van der Waals surface area contributed by atoms with E-state index in [4.69, 9.17) is 27.9 Å². The molecular formula is C17H16Cl2O. The molecule has 1 aliphatic heterocycles. The lowest BCUT2D eigenvalue weighted by Gasteiger charge is -2.19. The molecule has 0 spiro atoms. The van der Waals surface area contributed by atoms with Gasteiger partial charge in [-0.05, 0) is 54.2 Å². The minimum absolute atomic E-state index is 0.154. The largest absolute Gasteiger partial charge is 0.493 e. The third-order valence-corrected chi connectivity index (χ3v) is 4.63. The minimum atomic E-state index is -0.154. The Hall–Kier alpha value is -1.18. The minimum Gasteiger partial charge on any atom is -0.493 e. The van der Waals surface area contributed by atoms with Crippen LogP contribution in [0.2, 0.25) is 5.02 Å². The summed E-state index contributed by atoms with van der Waals surface area (Å²) in [5.74, 6) is 0.996. The highest BCUT2D eigenvalue weighted by Gasteiger charge is 2.16. The van der Waals surface area contributed by atoms with Gasteiger partial charge in [-0.1, -0.05) is 35.9 Å². The van der Waals surface area contributed by atoms with Crippen LogP contribution < -0.4 is 4.74 Å². The topological polar surface area (TPSA) is 9.23 Å². The van der Waals surface area contributed by atoms with Crippen LogP contribution in [-0.2, 0) is 6.42 Å². The third kappa shape index (κ3) is 2.65. The van der Waals surface area contributed by atoms with E-state index in [1.807, 2.05) is 31.2 Å². The van der Waals surface area contributed by atoms with E-state index in [1.54, 1.807) is 0 Å². The standard InChI is InChI=1S/C17H16Cl2O/c1-11-9-13(4-6-15(11)18)17(19)14-5-7-16-12(10-14)3-2-8-20-16/h4-7,9-10,17H,2-3,8H2,1H3. The first kappa shape index (κ1) is 13.8. The molecule has 1 unspecified atom stereocenters. The number of hydrogen-bond donors (Lipinski definition) is 0. The molecule has 1 atom stereocenters. The number of alkyl halides is 1. The van der Waals surface area contributed by atoms with Crippen molar-refractivity contribution in [3.8, 4) is 5.75 Å². The van der Waals surface area contributed by atoms with Crippen LogP contribution >= 0.6 is 23.2 Å². The summed E-state index contributed by atoms with van der Waals surface area (Å²) in [6.07, 6.45) is 2.13. The van der Waals surface area contributed by atoms with E-state index < -0.39 is 0 Å². The van der Waals surface area contributed by atoms with Crippen LogP contribution in [-0.4, -0.2) is 6.61 Å². The summed E-state index contributed by atoms with van der Waals surface area (Å²) in [6, 6.07) is 12.2. The molecule has 2 aromatic rings. The molecule has 0 aromatic heterocycles. The summed E-state index contributed by atoms with van der Waals surface area (Å²) in [4.78, 5) is 0. The fourth-order valence-electron chi connectivity index (χ4n) is 2.56. The quantitative estimate of drug-likeness (QED) is 0.684.